The van der Waals surface area contributed by atoms with Crippen LogP contribution in [0.2, 0.25) is 10.0 Å². The lowest BCUT2D eigenvalue weighted by atomic mass is 10.1. The van der Waals surface area contributed by atoms with Crippen LogP contribution in [-0.4, -0.2) is 45.1 Å². The average Bonchev–Trinajstić information content (AvgIpc) is 3.19. The molecule has 0 aliphatic carbocycles. The summed E-state index contributed by atoms with van der Waals surface area (Å²) in [7, 11) is -3.73. The minimum absolute atomic E-state index is 0.0898. The van der Waals surface area contributed by atoms with Crippen molar-refractivity contribution in [2.24, 2.45) is 0 Å². The molecule has 1 amide bonds. The monoisotopic (exact) mass is 469 g/mol. The number of rotatable bonds is 8. The Morgan fingerprint density at radius 2 is 1.77 bits per heavy atom. The first-order valence-electron chi connectivity index (χ1n) is 9.72. The highest BCUT2D eigenvalue weighted by Gasteiger charge is 2.23. The summed E-state index contributed by atoms with van der Waals surface area (Å²) in [6.45, 7) is 3.07. The third kappa shape index (κ3) is 6.11. The van der Waals surface area contributed by atoms with Gasteiger partial charge in [0, 0.05) is 13.1 Å². The highest BCUT2D eigenvalue weighted by molar-refractivity contribution is 7.92. The molecule has 9 heteroatoms. The van der Waals surface area contributed by atoms with Crippen molar-refractivity contribution >= 4 is 44.8 Å². The number of nitrogens with one attached hydrogen (secondary N) is 1. The van der Waals surface area contributed by atoms with Gasteiger partial charge in [-0.15, -0.1) is 0 Å². The molecule has 0 radical (unpaired) electrons. The maximum absolute atomic E-state index is 12.5. The van der Waals surface area contributed by atoms with Gasteiger partial charge in [0.1, 0.15) is 6.54 Å². The fourth-order valence-electron chi connectivity index (χ4n) is 3.49. The van der Waals surface area contributed by atoms with E-state index in [2.05, 4.69) is 22.3 Å². The van der Waals surface area contributed by atoms with Crippen LogP contribution in [0.5, 0.6) is 0 Å². The van der Waals surface area contributed by atoms with Gasteiger partial charge in [-0.2, -0.15) is 0 Å². The summed E-state index contributed by atoms with van der Waals surface area (Å²) in [6.07, 6.45) is 3.51. The molecule has 3 rings (SSSR count). The molecule has 1 heterocycles. The first-order valence-corrected chi connectivity index (χ1v) is 12.3. The molecule has 30 heavy (non-hydrogen) atoms. The Balaban J connectivity index is 1.64. The smallest absolute Gasteiger partial charge is 0.241 e. The molecule has 0 bridgehead atoms. The van der Waals surface area contributed by atoms with E-state index < -0.39 is 15.9 Å². The number of nitrogens with zero attached hydrogens (tertiary/aromatic N) is 2. The van der Waals surface area contributed by atoms with Crippen LogP contribution in [-0.2, 0) is 27.9 Å². The molecular weight excluding hydrogens is 445 g/mol. The quantitative estimate of drug-likeness (QED) is 0.639. The normalized spacial score (nSPS) is 14.6. The van der Waals surface area contributed by atoms with Crippen LogP contribution in [0.15, 0.2) is 42.5 Å². The summed E-state index contributed by atoms with van der Waals surface area (Å²) in [6, 6.07) is 12.7. The second-order valence-corrected chi connectivity index (χ2v) is 10.1. The topological polar surface area (TPSA) is 69.7 Å². The second kappa shape index (κ2) is 10.0. The fourth-order valence-corrected chi connectivity index (χ4v) is 4.80. The molecule has 1 fully saturated rings. The van der Waals surface area contributed by atoms with Gasteiger partial charge in [0.25, 0.3) is 0 Å². The number of carbonyl (C=O) groups is 1. The van der Waals surface area contributed by atoms with Crippen LogP contribution in [0, 0.1) is 0 Å². The van der Waals surface area contributed by atoms with E-state index in [-0.39, 0.29) is 22.3 Å². The number of hydrogen-bond donors (Lipinski definition) is 1. The minimum atomic E-state index is -3.73. The lowest BCUT2D eigenvalue weighted by Crippen LogP contribution is -2.40. The molecular formula is C21H25Cl2N3O3S. The SMILES string of the molecule is CS(=O)(=O)N(CC(=O)NCc1cccc(CN2CCCC2)c1)c1cccc(Cl)c1Cl. The Bertz CT molecular complexity index is 1010. The average molecular weight is 470 g/mol. The van der Waals surface area contributed by atoms with Crippen molar-refractivity contribution in [1.82, 2.24) is 10.2 Å². The number of anilines is 1. The Hall–Kier alpha value is -1.80. The summed E-state index contributed by atoms with van der Waals surface area (Å²) >= 11 is 12.2. The minimum Gasteiger partial charge on any atom is -0.350 e. The van der Waals surface area contributed by atoms with Crippen LogP contribution >= 0.6 is 23.2 Å². The maximum atomic E-state index is 12.5. The van der Waals surface area contributed by atoms with Crippen LogP contribution in [0.4, 0.5) is 5.69 Å². The lowest BCUT2D eigenvalue weighted by Gasteiger charge is -2.23. The summed E-state index contributed by atoms with van der Waals surface area (Å²) in [5.74, 6) is -0.429. The Morgan fingerprint density at radius 1 is 1.10 bits per heavy atom. The Kier molecular flexibility index (Phi) is 7.63. The molecule has 0 spiro atoms. The maximum Gasteiger partial charge on any atom is 0.241 e. The van der Waals surface area contributed by atoms with E-state index >= 15 is 0 Å². The van der Waals surface area contributed by atoms with Gasteiger partial charge in [-0.1, -0.05) is 53.5 Å². The van der Waals surface area contributed by atoms with E-state index in [0.29, 0.717) is 6.54 Å². The van der Waals surface area contributed by atoms with E-state index in [4.69, 9.17) is 23.2 Å². The van der Waals surface area contributed by atoms with Gasteiger partial charge in [0.05, 0.1) is 22.0 Å². The lowest BCUT2D eigenvalue weighted by molar-refractivity contribution is -0.119. The van der Waals surface area contributed by atoms with E-state index in [9.17, 15) is 13.2 Å². The molecule has 6 nitrogen and oxygen atoms in total. The summed E-state index contributed by atoms with van der Waals surface area (Å²) in [5.41, 5.74) is 2.34. The highest BCUT2D eigenvalue weighted by Crippen LogP contribution is 2.33. The standard InChI is InChI=1S/C21H25Cl2N3O3S/c1-30(28,29)26(19-9-5-8-18(22)21(19)23)15-20(27)24-13-16-6-4-7-17(12-16)14-25-10-2-3-11-25/h4-9,12H,2-3,10-11,13-15H2,1H3,(H,24,27). The third-order valence-corrected chi connectivity index (χ3v) is 6.91. The van der Waals surface area contributed by atoms with Crippen LogP contribution in [0.3, 0.4) is 0 Å². The van der Waals surface area contributed by atoms with Crippen molar-refractivity contribution in [3.8, 4) is 0 Å². The predicted molar refractivity (Wildman–Crippen MR) is 121 cm³/mol. The zero-order valence-electron chi connectivity index (χ0n) is 16.8. The van der Waals surface area contributed by atoms with Crippen molar-refractivity contribution in [2.75, 3.05) is 30.2 Å². The van der Waals surface area contributed by atoms with Crippen LogP contribution in [0.1, 0.15) is 24.0 Å². The molecule has 2 aromatic carbocycles. The van der Waals surface area contributed by atoms with Crippen molar-refractivity contribution < 1.29 is 13.2 Å². The van der Waals surface area contributed by atoms with E-state index in [1.165, 1.54) is 24.5 Å². The van der Waals surface area contributed by atoms with Crippen LogP contribution < -0.4 is 9.62 Å². The summed E-state index contributed by atoms with van der Waals surface area (Å²) in [5, 5.41) is 3.10. The molecule has 1 saturated heterocycles. The first kappa shape index (κ1) is 22.9. The van der Waals surface area contributed by atoms with Gasteiger partial charge < -0.3 is 5.32 Å². The van der Waals surface area contributed by atoms with Gasteiger partial charge in [-0.25, -0.2) is 8.42 Å². The van der Waals surface area contributed by atoms with E-state index in [1.54, 1.807) is 12.1 Å². The molecule has 2 aromatic rings. The van der Waals surface area contributed by atoms with Crippen molar-refractivity contribution in [2.45, 2.75) is 25.9 Å². The first-order chi connectivity index (χ1) is 14.2. The molecule has 0 aromatic heterocycles. The number of sulfonamides is 1. The van der Waals surface area contributed by atoms with Gasteiger partial charge in [-0.05, 0) is 49.2 Å². The molecule has 1 aliphatic heterocycles. The largest absolute Gasteiger partial charge is 0.350 e. The van der Waals surface area contributed by atoms with Crippen molar-refractivity contribution in [3.05, 3.63) is 63.6 Å². The second-order valence-electron chi connectivity index (χ2n) is 7.42. The molecule has 162 valence electrons. The van der Waals surface area contributed by atoms with Gasteiger partial charge in [0.2, 0.25) is 15.9 Å². The Morgan fingerprint density at radius 3 is 2.47 bits per heavy atom. The van der Waals surface area contributed by atoms with E-state index in [1.807, 2.05) is 12.1 Å². The summed E-state index contributed by atoms with van der Waals surface area (Å²) in [4.78, 5) is 14.9. The van der Waals surface area contributed by atoms with E-state index in [0.717, 1.165) is 35.8 Å². The zero-order valence-corrected chi connectivity index (χ0v) is 19.1. The molecule has 0 atom stereocenters. The molecule has 1 aliphatic rings. The molecule has 0 saturated carbocycles. The number of amides is 1. The van der Waals surface area contributed by atoms with Gasteiger partial charge >= 0.3 is 0 Å². The number of likely N-dealkylation sites (tertiary alicyclic amines) is 1. The number of carbonyl (C=O) groups excluding carboxylic acids is 1. The van der Waals surface area contributed by atoms with Gasteiger partial charge in [0.15, 0.2) is 0 Å². The van der Waals surface area contributed by atoms with Gasteiger partial charge in [-0.3, -0.25) is 14.0 Å². The number of halogens is 2. The zero-order chi connectivity index (χ0) is 21.7. The molecule has 1 N–H and O–H groups in total. The van der Waals surface area contributed by atoms with Crippen molar-refractivity contribution in [3.63, 3.8) is 0 Å². The number of hydrogen-bond acceptors (Lipinski definition) is 4. The summed E-state index contributed by atoms with van der Waals surface area (Å²) < 4.78 is 25.5. The molecule has 0 unspecified atom stereocenters. The Labute approximate surface area is 187 Å². The highest BCUT2D eigenvalue weighted by atomic mass is 35.5. The van der Waals surface area contributed by atoms with Crippen molar-refractivity contribution in [1.29, 1.82) is 0 Å². The van der Waals surface area contributed by atoms with Crippen LogP contribution in [0.25, 0.3) is 0 Å². The third-order valence-electron chi connectivity index (χ3n) is 4.97. The fraction of sp³-hybridized carbons (Fsp3) is 0.381. The number of benzene rings is 2. The predicted octanol–water partition coefficient (Wildman–Crippen LogP) is 3.67.